The van der Waals surface area contributed by atoms with E-state index >= 15 is 0 Å². The number of aliphatic hydroxyl groups is 1. The molecular formula is C10H16N4O2. The predicted octanol–water partition coefficient (Wildman–Crippen LogP) is -0.164. The van der Waals surface area contributed by atoms with Gasteiger partial charge in [-0.15, -0.1) is 0 Å². The highest BCUT2D eigenvalue weighted by molar-refractivity contribution is 5.93. The minimum absolute atomic E-state index is 0.0651. The summed E-state index contributed by atoms with van der Waals surface area (Å²) in [7, 11) is 0. The molecule has 1 atom stereocenters. The van der Waals surface area contributed by atoms with Crippen molar-refractivity contribution in [1.82, 2.24) is 15.1 Å². The van der Waals surface area contributed by atoms with Crippen molar-refractivity contribution >= 4 is 11.7 Å². The number of carbonyl (C=O) groups excluding carboxylic acids is 1. The van der Waals surface area contributed by atoms with Gasteiger partial charge in [-0.1, -0.05) is 0 Å². The molecule has 16 heavy (non-hydrogen) atoms. The van der Waals surface area contributed by atoms with E-state index in [4.69, 9.17) is 10.8 Å². The lowest BCUT2D eigenvalue weighted by molar-refractivity contribution is 0.0779. The van der Waals surface area contributed by atoms with Crippen LogP contribution in [0.2, 0.25) is 0 Å². The third-order valence-electron chi connectivity index (χ3n) is 2.94. The molecule has 1 fully saturated rings. The van der Waals surface area contributed by atoms with Crippen molar-refractivity contribution in [3.05, 3.63) is 11.8 Å². The van der Waals surface area contributed by atoms with Gasteiger partial charge in [-0.05, 0) is 18.8 Å². The van der Waals surface area contributed by atoms with Gasteiger partial charge in [0.15, 0.2) is 0 Å². The highest BCUT2D eigenvalue weighted by Crippen LogP contribution is 2.20. The number of aromatic amines is 1. The van der Waals surface area contributed by atoms with E-state index in [0.29, 0.717) is 24.0 Å². The maximum absolute atomic E-state index is 11.9. The number of aliphatic hydroxyl groups excluding tert-OH is 1. The summed E-state index contributed by atoms with van der Waals surface area (Å²) in [6.07, 6.45) is 1.71. The van der Waals surface area contributed by atoms with Crippen molar-refractivity contribution in [2.24, 2.45) is 5.92 Å². The molecule has 1 aromatic heterocycles. The summed E-state index contributed by atoms with van der Waals surface area (Å²) in [5.41, 5.74) is 5.88. The number of nitrogens with one attached hydrogen (secondary N) is 1. The number of hydrogen-bond acceptors (Lipinski definition) is 4. The fourth-order valence-electron chi connectivity index (χ4n) is 2.05. The van der Waals surface area contributed by atoms with Crippen molar-refractivity contribution in [3.63, 3.8) is 0 Å². The molecule has 6 nitrogen and oxygen atoms in total. The fourth-order valence-corrected chi connectivity index (χ4v) is 2.05. The second kappa shape index (κ2) is 4.52. The molecule has 0 bridgehead atoms. The molecule has 88 valence electrons. The topological polar surface area (TPSA) is 95.2 Å². The normalized spacial score (nSPS) is 20.3. The van der Waals surface area contributed by atoms with Gasteiger partial charge in [0, 0.05) is 25.8 Å². The van der Waals surface area contributed by atoms with Gasteiger partial charge in [-0.3, -0.25) is 9.89 Å². The summed E-state index contributed by atoms with van der Waals surface area (Å²) < 4.78 is 0. The van der Waals surface area contributed by atoms with E-state index in [9.17, 15) is 4.79 Å². The zero-order chi connectivity index (χ0) is 11.5. The average molecular weight is 224 g/mol. The largest absolute Gasteiger partial charge is 0.396 e. The Morgan fingerprint density at radius 2 is 2.56 bits per heavy atom. The minimum Gasteiger partial charge on any atom is -0.396 e. The van der Waals surface area contributed by atoms with Crippen molar-refractivity contribution in [2.45, 2.75) is 12.8 Å². The molecule has 1 aromatic rings. The van der Waals surface area contributed by atoms with Crippen LogP contribution in [0.5, 0.6) is 0 Å². The fraction of sp³-hybridized carbons (Fsp3) is 0.600. The van der Waals surface area contributed by atoms with E-state index in [0.717, 1.165) is 19.4 Å². The van der Waals surface area contributed by atoms with Gasteiger partial charge in [-0.2, -0.15) is 5.10 Å². The molecule has 0 aromatic carbocycles. The molecule has 4 N–H and O–H groups in total. The first-order chi connectivity index (χ1) is 7.70. The van der Waals surface area contributed by atoms with Crippen LogP contribution in [0.15, 0.2) is 6.07 Å². The lowest BCUT2D eigenvalue weighted by Crippen LogP contribution is -2.29. The van der Waals surface area contributed by atoms with Crippen LogP contribution in [0.1, 0.15) is 23.3 Å². The minimum atomic E-state index is -0.0651. The number of carbonyl (C=O) groups is 1. The molecule has 1 saturated heterocycles. The van der Waals surface area contributed by atoms with Gasteiger partial charge in [-0.25, -0.2) is 0 Å². The van der Waals surface area contributed by atoms with Crippen molar-refractivity contribution in [1.29, 1.82) is 0 Å². The first-order valence-corrected chi connectivity index (χ1v) is 5.41. The van der Waals surface area contributed by atoms with Crippen LogP contribution < -0.4 is 5.73 Å². The van der Waals surface area contributed by atoms with Gasteiger partial charge < -0.3 is 15.7 Å². The molecule has 0 spiro atoms. The molecule has 1 unspecified atom stereocenters. The number of aromatic nitrogens is 2. The van der Waals surface area contributed by atoms with Crippen molar-refractivity contribution in [3.8, 4) is 0 Å². The molecule has 1 aliphatic heterocycles. The first kappa shape index (κ1) is 10.9. The first-order valence-electron chi connectivity index (χ1n) is 5.41. The van der Waals surface area contributed by atoms with Gasteiger partial charge in [0.05, 0.1) is 0 Å². The number of amides is 1. The summed E-state index contributed by atoms with van der Waals surface area (Å²) in [4.78, 5) is 13.7. The van der Waals surface area contributed by atoms with E-state index < -0.39 is 0 Å². The highest BCUT2D eigenvalue weighted by Gasteiger charge is 2.27. The Hall–Kier alpha value is -1.56. The molecule has 1 aliphatic rings. The number of hydrogen-bond donors (Lipinski definition) is 3. The monoisotopic (exact) mass is 224 g/mol. The van der Waals surface area contributed by atoms with Crippen LogP contribution in [0.3, 0.4) is 0 Å². The summed E-state index contributed by atoms with van der Waals surface area (Å²) in [6, 6.07) is 1.54. The highest BCUT2D eigenvalue weighted by atomic mass is 16.3. The summed E-state index contributed by atoms with van der Waals surface area (Å²) in [6.45, 7) is 1.63. The van der Waals surface area contributed by atoms with Crippen molar-refractivity contribution in [2.75, 3.05) is 25.4 Å². The number of H-pyrrole nitrogens is 1. The molecule has 1 amide bonds. The zero-order valence-corrected chi connectivity index (χ0v) is 9.02. The smallest absolute Gasteiger partial charge is 0.271 e. The maximum atomic E-state index is 11.9. The Kier molecular flexibility index (Phi) is 3.09. The van der Waals surface area contributed by atoms with E-state index in [1.165, 1.54) is 0 Å². The van der Waals surface area contributed by atoms with E-state index in [2.05, 4.69) is 10.2 Å². The van der Waals surface area contributed by atoms with E-state index in [1.54, 1.807) is 11.0 Å². The summed E-state index contributed by atoms with van der Waals surface area (Å²) in [5.74, 6) is 0.674. The molecule has 0 radical (unpaired) electrons. The number of likely N-dealkylation sites (tertiary alicyclic amines) is 1. The lowest BCUT2D eigenvalue weighted by Gasteiger charge is -2.14. The Morgan fingerprint density at radius 1 is 1.75 bits per heavy atom. The number of nitrogens with zero attached hydrogens (tertiary/aromatic N) is 2. The quantitative estimate of drug-likeness (QED) is 0.664. The molecular weight excluding hydrogens is 208 g/mol. The average Bonchev–Trinajstić information content (AvgIpc) is 2.87. The van der Waals surface area contributed by atoms with Crippen LogP contribution in [-0.2, 0) is 0 Å². The lowest BCUT2D eigenvalue weighted by atomic mass is 10.1. The Bertz CT molecular complexity index is 377. The second-order valence-corrected chi connectivity index (χ2v) is 4.12. The van der Waals surface area contributed by atoms with Crippen LogP contribution >= 0.6 is 0 Å². The van der Waals surface area contributed by atoms with Crippen LogP contribution in [-0.4, -0.2) is 45.8 Å². The Labute approximate surface area is 93.4 Å². The summed E-state index contributed by atoms with van der Waals surface area (Å²) in [5, 5.41) is 15.2. The molecule has 0 aliphatic carbocycles. The van der Waals surface area contributed by atoms with Crippen LogP contribution in [0.25, 0.3) is 0 Å². The standard InChI is InChI=1S/C10H16N4O2/c11-9-5-8(12-13-9)10(16)14-3-1-7(6-14)2-4-15/h5,7,15H,1-4,6H2,(H3,11,12,13). The third kappa shape index (κ3) is 2.16. The van der Waals surface area contributed by atoms with Crippen molar-refractivity contribution < 1.29 is 9.90 Å². The van der Waals surface area contributed by atoms with E-state index in [-0.39, 0.29) is 12.5 Å². The van der Waals surface area contributed by atoms with Crippen LogP contribution in [0.4, 0.5) is 5.82 Å². The summed E-state index contributed by atoms with van der Waals surface area (Å²) >= 11 is 0. The number of nitrogen functional groups attached to an aromatic ring is 1. The Morgan fingerprint density at radius 3 is 3.19 bits per heavy atom. The van der Waals surface area contributed by atoms with Gasteiger partial charge in [0.25, 0.3) is 5.91 Å². The van der Waals surface area contributed by atoms with Crippen LogP contribution in [0, 0.1) is 5.92 Å². The van der Waals surface area contributed by atoms with Gasteiger partial charge in [0.1, 0.15) is 11.5 Å². The van der Waals surface area contributed by atoms with Gasteiger partial charge in [0.2, 0.25) is 0 Å². The zero-order valence-electron chi connectivity index (χ0n) is 9.02. The molecule has 2 rings (SSSR count). The Balaban J connectivity index is 1.97. The maximum Gasteiger partial charge on any atom is 0.271 e. The number of anilines is 1. The van der Waals surface area contributed by atoms with Gasteiger partial charge >= 0.3 is 0 Å². The predicted molar refractivity (Wildman–Crippen MR) is 58.7 cm³/mol. The SMILES string of the molecule is Nc1cc(C(=O)N2CCC(CCO)C2)[nH]n1. The molecule has 2 heterocycles. The second-order valence-electron chi connectivity index (χ2n) is 4.12. The number of nitrogens with two attached hydrogens (primary N) is 1. The third-order valence-corrected chi connectivity index (χ3v) is 2.94. The molecule has 0 saturated carbocycles. The molecule has 6 heteroatoms. The van der Waals surface area contributed by atoms with E-state index in [1.807, 2.05) is 0 Å². The number of rotatable bonds is 3.